The van der Waals surface area contributed by atoms with Gasteiger partial charge in [0.1, 0.15) is 0 Å². The maximum atomic E-state index is 10.6. The van der Waals surface area contributed by atoms with Crippen molar-refractivity contribution in [3.8, 4) is 0 Å². The Bertz CT molecular complexity index is 348. The highest BCUT2D eigenvalue weighted by atomic mass is 32.1. The molecule has 0 saturated heterocycles. The van der Waals surface area contributed by atoms with Crippen LogP contribution in [0.15, 0.2) is 12.1 Å². The largest absolute Gasteiger partial charge is 0.481 e. The molecular formula is C10H13NO3S. The number of carbonyl (C=O) groups is 2. The summed E-state index contributed by atoms with van der Waals surface area (Å²) < 4.78 is 0. The van der Waals surface area contributed by atoms with Crippen LogP contribution in [0.5, 0.6) is 0 Å². The Labute approximate surface area is 91.9 Å². The molecule has 5 heteroatoms. The number of nitrogens with one attached hydrogen (secondary N) is 1. The third kappa shape index (κ3) is 3.36. The zero-order valence-corrected chi connectivity index (χ0v) is 9.21. The van der Waals surface area contributed by atoms with Crippen LogP contribution >= 0.6 is 11.3 Å². The van der Waals surface area contributed by atoms with E-state index in [0.717, 1.165) is 11.3 Å². The average molecular weight is 227 g/mol. The van der Waals surface area contributed by atoms with E-state index in [-0.39, 0.29) is 6.42 Å². The number of carboxylic acids is 1. The molecule has 0 unspecified atom stereocenters. The molecule has 82 valence electrons. The van der Waals surface area contributed by atoms with E-state index in [4.69, 9.17) is 5.11 Å². The van der Waals surface area contributed by atoms with Gasteiger partial charge < -0.3 is 10.4 Å². The maximum absolute atomic E-state index is 10.6. The Morgan fingerprint density at radius 2 is 2.40 bits per heavy atom. The number of hydrogen-bond donors (Lipinski definition) is 2. The van der Waals surface area contributed by atoms with Gasteiger partial charge in [0, 0.05) is 9.75 Å². The predicted octanol–water partition coefficient (Wildman–Crippen LogP) is 1.57. The standard InChI is InChI=1S/C10H13NO3S/c1-2-7-3-4-9(15-7)8(11-6-12)5-10(13)14/h3-4,6,8H,2,5H2,1H3,(H,11,12)(H,13,14)/t8-/m1/s1. The molecule has 1 amide bonds. The second kappa shape index (κ2) is 5.50. The molecule has 1 atom stereocenters. The molecule has 0 bridgehead atoms. The van der Waals surface area contributed by atoms with E-state index < -0.39 is 12.0 Å². The highest BCUT2D eigenvalue weighted by Crippen LogP contribution is 2.25. The Kier molecular flexibility index (Phi) is 4.30. The zero-order chi connectivity index (χ0) is 11.3. The quantitative estimate of drug-likeness (QED) is 0.725. The van der Waals surface area contributed by atoms with Gasteiger partial charge in [-0.3, -0.25) is 9.59 Å². The Morgan fingerprint density at radius 3 is 2.87 bits per heavy atom. The Hall–Kier alpha value is -1.36. The van der Waals surface area contributed by atoms with Crippen LogP contribution in [0.25, 0.3) is 0 Å². The summed E-state index contributed by atoms with van der Waals surface area (Å²) in [5.74, 6) is -0.916. The van der Waals surface area contributed by atoms with Crippen LogP contribution in [0.4, 0.5) is 0 Å². The Balaban J connectivity index is 2.77. The van der Waals surface area contributed by atoms with Gasteiger partial charge >= 0.3 is 5.97 Å². The lowest BCUT2D eigenvalue weighted by atomic mass is 10.2. The third-order valence-electron chi connectivity index (χ3n) is 2.02. The van der Waals surface area contributed by atoms with E-state index in [9.17, 15) is 9.59 Å². The molecule has 0 radical (unpaired) electrons. The van der Waals surface area contributed by atoms with Crippen molar-refractivity contribution in [2.45, 2.75) is 25.8 Å². The van der Waals surface area contributed by atoms with E-state index in [0.29, 0.717) is 6.41 Å². The fourth-order valence-electron chi connectivity index (χ4n) is 1.27. The number of hydrogen-bond acceptors (Lipinski definition) is 3. The summed E-state index contributed by atoms with van der Waals surface area (Å²) in [4.78, 5) is 23.0. The van der Waals surface area contributed by atoms with Crippen LogP contribution < -0.4 is 5.32 Å². The molecule has 15 heavy (non-hydrogen) atoms. The summed E-state index contributed by atoms with van der Waals surface area (Å²) in [5.41, 5.74) is 0. The number of rotatable bonds is 6. The first-order chi connectivity index (χ1) is 7.17. The smallest absolute Gasteiger partial charge is 0.305 e. The topological polar surface area (TPSA) is 66.4 Å². The highest BCUT2D eigenvalue weighted by Gasteiger charge is 2.16. The van der Waals surface area contributed by atoms with Gasteiger partial charge in [0.15, 0.2) is 0 Å². The fourth-order valence-corrected chi connectivity index (χ4v) is 2.28. The summed E-state index contributed by atoms with van der Waals surface area (Å²) in [7, 11) is 0. The lowest BCUT2D eigenvalue weighted by molar-refractivity contribution is -0.137. The monoisotopic (exact) mass is 227 g/mol. The molecule has 1 aromatic rings. The molecule has 1 rings (SSSR count). The van der Waals surface area contributed by atoms with Gasteiger partial charge in [-0.15, -0.1) is 11.3 Å². The summed E-state index contributed by atoms with van der Waals surface area (Å²) in [6.45, 7) is 2.04. The van der Waals surface area contributed by atoms with Crippen LogP contribution in [0.3, 0.4) is 0 Å². The van der Waals surface area contributed by atoms with Crippen LogP contribution in [-0.2, 0) is 16.0 Å². The van der Waals surface area contributed by atoms with Gasteiger partial charge in [-0.1, -0.05) is 6.92 Å². The lowest BCUT2D eigenvalue weighted by Crippen LogP contribution is -2.21. The highest BCUT2D eigenvalue weighted by molar-refractivity contribution is 7.12. The molecule has 0 spiro atoms. The normalized spacial score (nSPS) is 12.1. The fraction of sp³-hybridized carbons (Fsp3) is 0.400. The van der Waals surface area contributed by atoms with Gasteiger partial charge in [-0.05, 0) is 18.6 Å². The summed E-state index contributed by atoms with van der Waals surface area (Å²) in [5, 5.41) is 11.2. The minimum atomic E-state index is -0.916. The van der Waals surface area contributed by atoms with Gasteiger partial charge in [0.2, 0.25) is 6.41 Å². The molecule has 0 saturated carbocycles. The van der Waals surface area contributed by atoms with Gasteiger partial charge in [0.05, 0.1) is 12.5 Å². The number of thiophene rings is 1. The van der Waals surface area contributed by atoms with Crippen molar-refractivity contribution < 1.29 is 14.7 Å². The third-order valence-corrected chi connectivity index (χ3v) is 3.37. The summed E-state index contributed by atoms with van der Waals surface area (Å²) in [6, 6.07) is 3.42. The van der Waals surface area contributed by atoms with Crippen molar-refractivity contribution in [1.82, 2.24) is 5.32 Å². The molecule has 0 aromatic carbocycles. The van der Waals surface area contributed by atoms with Gasteiger partial charge in [0.25, 0.3) is 0 Å². The summed E-state index contributed by atoms with van der Waals surface area (Å²) in [6.07, 6.45) is 1.38. The van der Waals surface area contributed by atoms with Crippen molar-refractivity contribution in [3.63, 3.8) is 0 Å². The SMILES string of the molecule is CCc1ccc([C@@H](CC(=O)O)NC=O)s1. The van der Waals surface area contributed by atoms with Crippen molar-refractivity contribution in [2.75, 3.05) is 0 Å². The first kappa shape index (κ1) is 11.7. The lowest BCUT2D eigenvalue weighted by Gasteiger charge is -2.11. The number of carboxylic acid groups (broad SMARTS) is 1. The Morgan fingerprint density at radius 1 is 1.67 bits per heavy atom. The molecule has 0 aliphatic heterocycles. The number of carbonyl (C=O) groups excluding carboxylic acids is 1. The molecule has 0 fully saturated rings. The van der Waals surface area contributed by atoms with Crippen LogP contribution in [0, 0.1) is 0 Å². The van der Waals surface area contributed by atoms with Crippen molar-refractivity contribution in [2.24, 2.45) is 0 Å². The van der Waals surface area contributed by atoms with E-state index in [2.05, 4.69) is 5.32 Å². The van der Waals surface area contributed by atoms with Gasteiger partial charge in [-0.2, -0.15) is 0 Å². The first-order valence-electron chi connectivity index (χ1n) is 4.67. The van der Waals surface area contributed by atoms with E-state index >= 15 is 0 Å². The van der Waals surface area contributed by atoms with Crippen molar-refractivity contribution in [1.29, 1.82) is 0 Å². The minimum absolute atomic E-state index is 0.0809. The van der Waals surface area contributed by atoms with E-state index in [1.165, 1.54) is 16.2 Å². The molecule has 2 N–H and O–H groups in total. The van der Waals surface area contributed by atoms with Crippen molar-refractivity contribution in [3.05, 3.63) is 21.9 Å². The molecule has 1 aromatic heterocycles. The maximum Gasteiger partial charge on any atom is 0.305 e. The second-order valence-corrected chi connectivity index (χ2v) is 4.29. The van der Waals surface area contributed by atoms with Gasteiger partial charge in [-0.25, -0.2) is 0 Å². The molecule has 1 heterocycles. The first-order valence-corrected chi connectivity index (χ1v) is 5.49. The van der Waals surface area contributed by atoms with E-state index in [1.807, 2.05) is 19.1 Å². The molecule has 4 nitrogen and oxygen atoms in total. The molecule has 0 aliphatic carbocycles. The average Bonchev–Trinajstić information content (AvgIpc) is 2.64. The molecular weight excluding hydrogens is 214 g/mol. The van der Waals surface area contributed by atoms with Crippen LogP contribution in [-0.4, -0.2) is 17.5 Å². The predicted molar refractivity (Wildman–Crippen MR) is 57.9 cm³/mol. The zero-order valence-electron chi connectivity index (χ0n) is 8.40. The number of aryl methyl sites for hydroxylation is 1. The molecule has 0 aliphatic rings. The van der Waals surface area contributed by atoms with Crippen LogP contribution in [0.1, 0.15) is 29.1 Å². The minimum Gasteiger partial charge on any atom is -0.481 e. The summed E-state index contributed by atoms with van der Waals surface area (Å²) >= 11 is 1.54. The van der Waals surface area contributed by atoms with E-state index in [1.54, 1.807) is 0 Å². The van der Waals surface area contributed by atoms with Crippen molar-refractivity contribution >= 4 is 23.7 Å². The number of amides is 1. The number of aliphatic carboxylic acids is 1. The van der Waals surface area contributed by atoms with Crippen LogP contribution in [0.2, 0.25) is 0 Å². The second-order valence-electron chi connectivity index (χ2n) is 3.09.